The second-order valence-electron chi connectivity index (χ2n) is 5.93. The number of nitrogens with zero attached hydrogens (tertiary/aromatic N) is 1. The predicted octanol–water partition coefficient (Wildman–Crippen LogP) is 1.51. The molecule has 1 unspecified atom stereocenters. The number of nitrogens with one attached hydrogen (secondary N) is 1. The van der Waals surface area contributed by atoms with Crippen molar-refractivity contribution >= 4 is 10.0 Å². The lowest BCUT2D eigenvalue weighted by Gasteiger charge is -2.22. The Kier molecular flexibility index (Phi) is 3.35. The third-order valence-corrected chi connectivity index (χ3v) is 6.36. The molecule has 2 aliphatic heterocycles. The molecule has 6 heteroatoms. The molecule has 1 aromatic carbocycles. The van der Waals surface area contributed by atoms with Gasteiger partial charge in [0.1, 0.15) is 5.82 Å². The van der Waals surface area contributed by atoms with E-state index in [0.717, 1.165) is 32.0 Å². The number of halogens is 1. The SMILES string of the molecule is Cc1ccc(S(=O)(=O)N2CCC3(CCNC3)C2)cc1F. The Morgan fingerprint density at radius 2 is 2.15 bits per heavy atom. The van der Waals surface area contributed by atoms with Gasteiger partial charge in [0, 0.05) is 19.6 Å². The van der Waals surface area contributed by atoms with Crippen LogP contribution >= 0.6 is 0 Å². The Balaban J connectivity index is 1.87. The average molecular weight is 298 g/mol. The zero-order valence-corrected chi connectivity index (χ0v) is 12.3. The standard InChI is InChI=1S/C14H19FN2O2S/c1-11-2-3-12(8-13(11)15)20(18,19)17-7-5-14(10-17)4-6-16-9-14/h2-3,8,16H,4-7,9-10H2,1H3. The topological polar surface area (TPSA) is 49.4 Å². The van der Waals surface area contributed by atoms with Crippen LogP contribution in [0.25, 0.3) is 0 Å². The predicted molar refractivity (Wildman–Crippen MR) is 74.4 cm³/mol. The highest BCUT2D eigenvalue weighted by molar-refractivity contribution is 7.89. The van der Waals surface area contributed by atoms with Crippen molar-refractivity contribution in [2.75, 3.05) is 26.2 Å². The Labute approximate surface area is 119 Å². The van der Waals surface area contributed by atoms with Crippen molar-refractivity contribution in [3.8, 4) is 0 Å². The van der Waals surface area contributed by atoms with Gasteiger partial charge in [-0.15, -0.1) is 0 Å². The van der Waals surface area contributed by atoms with Gasteiger partial charge in [0.2, 0.25) is 10.0 Å². The number of benzene rings is 1. The molecule has 110 valence electrons. The van der Waals surface area contributed by atoms with Crippen molar-refractivity contribution in [2.45, 2.75) is 24.7 Å². The van der Waals surface area contributed by atoms with Crippen LogP contribution in [0.1, 0.15) is 18.4 Å². The normalized spacial score (nSPS) is 27.5. The van der Waals surface area contributed by atoms with Gasteiger partial charge in [-0.2, -0.15) is 4.31 Å². The smallest absolute Gasteiger partial charge is 0.243 e. The zero-order valence-electron chi connectivity index (χ0n) is 11.5. The van der Waals surface area contributed by atoms with E-state index >= 15 is 0 Å². The molecule has 4 nitrogen and oxygen atoms in total. The lowest BCUT2D eigenvalue weighted by molar-refractivity contribution is 0.338. The van der Waals surface area contributed by atoms with E-state index in [1.807, 2.05) is 0 Å². The summed E-state index contributed by atoms with van der Waals surface area (Å²) in [6.45, 7) is 4.52. The lowest BCUT2D eigenvalue weighted by Crippen LogP contribution is -2.33. The molecule has 20 heavy (non-hydrogen) atoms. The fourth-order valence-corrected chi connectivity index (χ4v) is 4.69. The second kappa shape index (κ2) is 4.79. The molecule has 2 saturated heterocycles. The molecule has 0 bridgehead atoms. The molecule has 2 fully saturated rings. The Morgan fingerprint density at radius 1 is 1.35 bits per heavy atom. The summed E-state index contributed by atoms with van der Waals surface area (Å²) in [4.78, 5) is 0.0589. The van der Waals surface area contributed by atoms with Crippen LogP contribution in [0.3, 0.4) is 0 Å². The van der Waals surface area contributed by atoms with E-state index in [1.165, 1.54) is 16.4 Å². The quantitative estimate of drug-likeness (QED) is 0.900. The van der Waals surface area contributed by atoms with Gasteiger partial charge in [-0.25, -0.2) is 12.8 Å². The number of hydrogen-bond donors (Lipinski definition) is 1. The van der Waals surface area contributed by atoms with Gasteiger partial charge in [-0.1, -0.05) is 6.07 Å². The van der Waals surface area contributed by atoms with Crippen molar-refractivity contribution in [2.24, 2.45) is 5.41 Å². The first-order valence-electron chi connectivity index (χ1n) is 6.90. The fourth-order valence-electron chi connectivity index (χ4n) is 3.13. The van der Waals surface area contributed by atoms with E-state index < -0.39 is 15.8 Å². The van der Waals surface area contributed by atoms with Gasteiger partial charge in [0.05, 0.1) is 4.90 Å². The largest absolute Gasteiger partial charge is 0.316 e. The molecule has 0 saturated carbocycles. The number of rotatable bonds is 2. The average Bonchev–Trinajstić information content (AvgIpc) is 3.04. The Hall–Kier alpha value is -0.980. The summed E-state index contributed by atoms with van der Waals surface area (Å²) in [5.74, 6) is -0.470. The first-order valence-corrected chi connectivity index (χ1v) is 8.34. The molecule has 1 atom stereocenters. The second-order valence-corrected chi connectivity index (χ2v) is 7.86. The van der Waals surface area contributed by atoms with Gasteiger partial charge in [-0.3, -0.25) is 0 Å². The minimum atomic E-state index is -3.58. The van der Waals surface area contributed by atoms with E-state index in [-0.39, 0.29) is 10.3 Å². The van der Waals surface area contributed by atoms with Crippen LogP contribution in [-0.2, 0) is 10.0 Å². The number of sulfonamides is 1. The van der Waals surface area contributed by atoms with Crippen LogP contribution in [0, 0.1) is 18.2 Å². The maximum atomic E-state index is 13.6. The highest BCUT2D eigenvalue weighted by Gasteiger charge is 2.44. The van der Waals surface area contributed by atoms with Crippen molar-refractivity contribution in [1.29, 1.82) is 0 Å². The van der Waals surface area contributed by atoms with Gasteiger partial charge in [0.25, 0.3) is 0 Å². The third kappa shape index (κ3) is 2.25. The van der Waals surface area contributed by atoms with Crippen molar-refractivity contribution in [1.82, 2.24) is 9.62 Å². The molecule has 2 aliphatic rings. The van der Waals surface area contributed by atoms with Gasteiger partial charge >= 0.3 is 0 Å². The maximum Gasteiger partial charge on any atom is 0.243 e. The van der Waals surface area contributed by atoms with Crippen LogP contribution < -0.4 is 5.32 Å². The van der Waals surface area contributed by atoms with Crippen LogP contribution in [0.5, 0.6) is 0 Å². The van der Waals surface area contributed by atoms with E-state index in [1.54, 1.807) is 6.92 Å². The van der Waals surface area contributed by atoms with Gasteiger partial charge in [0.15, 0.2) is 0 Å². The highest BCUT2D eigenvalue weighted by atomic mass is 32.2. The minimum Gasteiger partial charge on any atom is -0.316 e. The van der Waals surface area contributed by atoms with Crippen LogP contribution in [0.2, 0.25) is 0 Å². The first-order chi connectivity index (χ1) is 9.43. The van der Waals surface area contributed by atoms with E-state index in [4.69, 9.17) is 0 Å². The molecule has 0 aliphatic carbocycles. The Morgan fingerprint density at radius 3 is 2.80 bits per heavy atom. The highest BCUT2D eigenvalue weighted by Crippen LogP contribution is 2.38. The third-order valence-electron chi connectivity index (χ3n) is 4.52. The van der Waals surface area contributed by atoms with Crippen LogP contribution in [0.4, 0.5) is 4.39 Å². The maximum absolute atomic E-state index is 13.6. The summed E-state index contributed by atoms with van der Waals surface area (Å²) in [5, 5.41) is 3.30. The molecular weight excluding hydrogens is 279 g/mol. The van der Waals surface area contributed by atoms with Crippen LogP contribution in [-0.4, -0.2) is 38.9 Å². The summed E-state index contributed by atoms with van der Waals surface area (Å²) < 4.78 is 40.3. The van der Waals surface area contributed by atoms with Crippen molar-refractivity contribution in [3.05, 3.63) is 29.6 Å². The van der Waals surface area contributed by atoms with E-state index in [9.17, 15) is 12.8 Å². The monoisotopic (exact) mass is 298 g/mol. The van der Waals surface area contributed by atoms with Crippen molar-refractivity contribution < 1.29 is 12.8 Å². The summed E-state index contributed by atoms with van der Waals surface area (Å²) >= 11 is 0. The molecule has 1 N–H and O–H groups in total. The summed E-state index contributed by atoms with van der Waals surface area (Å²) in [5.41, 5.74) is 0.540. The van der Waals surface area contributed by atoms with E-state index in [2.05, 4.69) is 5.32 Å². The van der Waals surface area contributed by atoms with E-state index in [0.29, 0.717) is 18.7 Å². The molecule has 1 aromatic rings. The molecule has 3 rings (SSSR count). The molecule has 0 radical (unpaired) electrons. The molecule has 0 aromatic heterocycles. The zero-order chi connectivity index (χ0) is 14.4. The summed E-state index contributed by atoms with van der Waals surface area (Å²) in [6.07, 6.45) is 1.90. The van der Waals surface area contributed by atoms with Gasteiger partial charge < -0.3 is 5.32 Å². The number of aryl methyl sites for hydroxylation is 1. The summed E-state index contributed by atoms with van der Waals surface area (Å²) in [6, 6.07) is 4.14. The molecular formula is C14H19FN2O2S. The molecule has 0 amide bonds. The summed E-state index contributed by atoms with van der Waals surface area (Å²) in [7, 11) is -3.58. The molecule has 1 spiro atoms. The van der Waals surface area contributed by atoms with Gasteiger partial charge in [-0.05, 0) is 49.4 Å². The number of hydrogen-bond acceptors (Lipinski definition) is 3. The lowest BCUT2D eigenvalue weighted by atomic mass is 9.87. The first kappa shape index (κ1) is 14.0. The van der Waals surface area contributed by atoms with Crippen LogP contribution in [0.15, 0.2) is 23.1 Å². The molecule has 2 heterocycles. The minimum absolute atomic E-state index is 0.0589. The Bertz CT molecular complexity index is 624. The van der Waals surface area contributed by atoms with Crippen molar-refractivity contribution in [3.63, 3.8) is 0 Å². The fraction of sp³-hybridized carbons (Fsp3) is 0.571.